The van der Waals surface area contributed by atoms with Gasteiger partial charge in [-0.25, -0.2) is 0 Å². The van der Waals surface area contributed by atoms with Crippen molar-refractivity contribution >= 4 is 21.8 Å². The summed E-state index contributed by atoms with van der Waals surface area (Å²) in [5, 5.41) is 3.08. The van der Waals surface area contributed by atoms with Crippen LogP contribution in [0.5, 0.6) is 0 Å². The molecule has 0 fully saturated rings. The van der Waals surface area contributed by atoms with Crippen LogP contribution in [0.2, 0.25) is 0 Å². The first-order valence-corrected chi connectivity index (χ1v) is 7.82. The molecule has 3 heteroatoms. The maximum Gasteiger partial charge on any atom is 0.252 e. The van der Waals surface area contributed by atoms with Crippen LogP contribution in [-0.2, 0) is 0 Å². The summed E-state index contributed by atoms with van der Waals surface area (Å²) in [5.41, 5.74) is 5.28. The molecule has 0 saturated heterocycles. The van der Waals surface area contributed by atoms with Crippen molar-refractivity contribution in [2.45, 2.75) is 33.7 Å². The third-order valence-electron chi connectivity index (χ3n) is 3.68. The van der Waals surface area contributed by atoms with E-state index in [-0.39, 0.29) is 11.9 Å². The largest absolute Gasteiger partial charge is 0.345 e. The van der Waals surface area contributed by atoms with Gasteiger partial charge in [-0.15, -0.1) is 0 Å². The van der Waals surface area contributed by atoms with Crippen molar-refractivity contribution in [1.82, 2.24) is 5.32 Å². The van der Waals surface area contributed by atoms with E-state index in [0.717, 1.165) is 15.6 Å². The number of benzene rings is 2. The summed E-state index contributed by atoms with van der Waals surface area (Å²) in [6, 6.07) is 12.0. The number of halogens is 1. The van der Waals surface area contributed by atoms with E-state index < -0.39 is 0 Å². The van der Waals surface area contributed by atoms with Gasteiger partial charge in [-0.2, -0.15) is 0 Å². The first-order valence-electron chi connectivity index (χ1n) is 7.02. The van der Waals surface area contributed by atoms with Crippen molar-refractivity contribution in [1.29, 1.82) is 0 Å². The van der Waals surface area contributed by atoms with Gasteiger partial charge in [-0.1, -0.05) is 45.8 Å². The van der Waals surface area contributed by atoms with E-state index in [9.17, 15) is 4.79 Å². The van der Waals surface area contributed by atoms with E-state index >= 15 is 0 Å². The van der Waals surface area contributed by atoms with Gasteiger partial charge in [0.1, 0.15) is 0 Å². The molecule has 2 rings (SSSR count). The van der Waals surface area contributed by atoms with Gasteiger partial charge in [0.05, 0.1) is 6.04 Å². The molecular formula is C18H20BrNO. The zero-order chi connectivity index (χ0) is 15.6. The van der Waals surface area contributed by atoms with Crippen LogP contribution in [0, 0.1) is 20.8 Å². The van der Waals surface area contributed by atoms with E-state index in [1.54, 1.807) is 0 Å². The van der Waals surface area contributed by atoms with E-state index in [1.165, 1.54) is 11.1 Å². The molecule has 1 amide bonds. The lowest BCUT2D eigenvalue weighted by Gasteiger charge is -2.18. The average molecular weight is 346 g/mol. The molecule has 1 unspecified atom stereocenters. The highest BCUT2D eigenvalue weighted by Gasteiger charge is 2.15. The van der Waals surface area contributed by atoms with Crippen LogP contribution in [-0.4, -0.2) is 5.91 Å². The van der Waals surface area contributed by atoms with E-state index in [0.29, 0.717) is 5.56 Å². The van der Waals surface area contributed by atoms with Gasteiger partial charge in [-0.3, -0.25) is 4.79 Å². The molecule has 2 nitrogen and oxygen atoms in total. The predicted molar refractivity (Wildman–Crippen MR) is 90.7 cm³/mol. The minimum Gasteiger partial charge on any atom is -0.345 e. The topological polar surface area (TPSA) is 29.1 Å². The van der Waals surface area contributed by atoms with Crippen LogP contribution in [0.4, 0.5) is 0 Å². The van der Waals surface area contributed by atoms with Crippen LogP contribution in [0.1, 0.15) is 45.6 Å². The molecular weight excluding hydrogens is 326 g/mol. The Hall–Kier alpha value is -1.61. The molecule has 0 aliphatic heterocycles. The number of amides is 1. The number of hydrogen-bond acceptors (Lipinski definition) is 1. The Morgan fingerprint density at radius 2 is 1.76 bits per heavy atom. The maximum atomic E-state index is 12.4. The predicted octanol–water partition coefficient (Wildman–Crippen LogP) is 4.87. The van der Waals surface area contributed by atoms with Crippen molar-refractivity contribution in [2.75, 3.05) is 0 Å². The average Bonchev–Trinajstić information content (AvgIpc) is 2.41. The van der Waals surface area contributed by atoms with Crippen molar-refractivity contribution in [2.24, 2.45) is 0 Å². The highest BCUT2D eigenvalue weighted by atomic mass is 79.9. The summed E-state index contributed by atoms with van der Waals surface area (Å²) in [6.45, 7) is 8.12. The molecule has 0 aliphatic carbocycles. The lowest BCUT2D eigenvalue weighted by Crippen LogP contribution is -2.27. The van der Waals surface area contributed by atoms with Crippen LogP contribution in [0.25, 0.3) is 0 Å². The fourth-order valence-electron chi connectivity index (χ4n) is 2.50. The van der Waals surface area contributed by atoms with Crippen molar-refractivity contribution < 1.29 is 4.79 Å². The van der Waals surface area contributed by atoms with Crippen LogP contribution >= 0.6 is 15.9 Å². The summed E-state index contributed by atoms with van der Waals surface area (Å²) in [5.74, 6) is -0.0405. The first-order chi connectivity index (χ1) is 9.88. The molecule has 2 aromatic rings. The molecule has 1 N–H and O–H groups in total. The van der Waals surface area contributed by atoms with Gasteiger partial charge in [-0.05, 0) is 56.5 Å². The molecule has 0 aromatic heterocycles. The Labute approximate surface area is 134 Å². The second-order valence-corrected chi connectivity index (χ2v) is 6.43. The number of rotatable bonds is 3. The zero-order valence-electron chi connectivity index (χ0n) is 12.8. The minimum atomic E-state index is -0.0405. The fourth-order valence-corrected chi connectivity index (χ4v) is 2.86. The Balaban J connectivity index is 2.20. The van der Waals surface area contributed by atoms with Crippen molar-refractivity contribution in [3.63, 3.8) is 0 Å². The van der Waals surface area contributed by atoms with Gasteiger partial charge < -0.3 is 5.32 Å². The molecule has 0 heterocycles. The Morgan fingerprint density at radius 3 is 2.43 bits per heavy atom. The number of nitrogens with one attached hydrogen (secondary N) is 1. The fraction of sp³-hybridized carbons (Fsp3) is 0.278. The SMILES string of the molecule is Cc1ccc(C(C)NC(=O)c2cc(Br)ccc2C)c(C)c1. The van der Waals surface area contributed by atoms with Gasteiger partial charge in [0.2, 0.25) is 0 Å². The summed E-state index contributed by atoms with van der Waals surface area (Å²) in [4.78, 5) is 12.4. The van der Waals surface area contributed by atoms with Gasteiger partial charge in [0, 0.05) is 10.0 Å². The lowest BCUT2D eigenvalue weighted by molar-refractivity contribution is 0.0939. The summed E-state index contributed by atoms with van der Waals surface area (Å²) >= 11 is 3.42. The molecule has 0 spiro atoms. The highest BCUT2D eigenvalue weighted by molar-refractivity contribution is 9.10. The summed E-state index contributed by atoms with van der Waals surface area (Å²) < 4.78 is 0.914. The molecule has 2 aromatic carbocycles. The lowest BCUT2D eigenvalue weighted by atomic mass is 9.99. The van der Waals surface area contributed by atoms with Gasteiger partial charge >= 0.3 is 0 Å². The standard InChI is InChI=1S/C18H20BrNO/c1-11-5-8-16(13(3)9-11)14(4)20-18(21)17-10-15(19)7-6-12(17)2/h5-10,14H,1-4H3,(H,20,21). The Morgan fingerprint density at radius 1 is 1.05 bits per heavy atom. The molecule has 0 radical (unpaired) electrons. The number of carbonyl (C=O) groups is 1. The van der Waals surface area contributed by atoms with Gasteiger partial charge in [0.15, 0.2) is 0 Å². The maximum absolute atomic E-state index is 12.4. The highest BCUT2D eigenvalue weighted by Crippen LogP contribution is 2.21. The smallest absolute Gasteiger partial charge is 0.252 e. The molecule has 0 aliphatic rings. The normalized spacial score (nSPS) is 12.0. The second-order valence-electron chi connectivity index (χ2n) is 5.51. The third kappa shape index (κ3) is 3.73. The van der Waals surface area contributed by atoms with E-state index in [4.69, 9.17) is 0 Å². The monoisotopic (exact) mass is 345 g/mol. The molecule has 0 saturated carbocycles. The van der Waals surface area contributed by atoms with E-state index in [2.05, 4.69) is 53.3 Å². The van der Waals surface area contributed by atoms with Crippen LogP contribution in [0.15, 0.2) is 40.9 Å². The van der Waals surface area contributed by atoms with Crippen LogP contribution < -0.4 is 5.32 Å². The molecule has 1 atom stereocenters. The third-order valence-corrected chi connectivity index (χ3v) is 4.18. The van der Waals surface area contributed by atoms with E-state index in [1.807, 2.05) is 32.0 Å². The summed E-state index contributed by atoms with van der Waals surface area (Å²) in [7, 11) is 0. The number of hydrogen-bond donors (Lipinski definition) is 1. The molecule has 0 bridgehead atoms. The molecule has 21 heavy (non-hydrogen) atoms. The molecule has 110 valence electrons. The Kier molecular flexibility index (Phi) is 4.84. The number of aryl methyl sites for hydroxylation is 3. The minimum absolute atomic E-state index is 0.0171. The summed E-state index contributed by atoms with van der Waals surface area (Å²) in [6.07, 6.45) is 0. The number of carbonyl (C=O) groups excluding carboxylic acids is 1. The van der Waals surface area contributed by atoms with Crippen LogP contribution in [0.3, 0.4) is 0 Å². The van der Waals surface area contributed by atoms with Crippen molar-refractivity contribution in [3.05, 3.63) is 68.7 Å². The first kappa shape index (κ1) is 15.8. The van der Waals surface area contributed by atoms with Gasteiger partial charge in [0.25, 0.3) is 5.91 Å². The Bertz CT molecular complexity index is 679. The second kappa shape index (κ2) is 6.44. The van der Waals surface area contributed by atoms with Crippen molar-refractivity contribution in [3.8, 4) is 0 Å². The zero-order valence-corrected chi connectivity index (χ0v) is 14.4. The quantitative estimate of drug-likeness (QED) is 0.844.